The first kappa shape index (κ1) is 41.6. The van der Waals surface area contributed by atoms with Gasteiger partial charge in [-0.25, -0.2) is 9.37 Å². The Morgan fingerprint density at radius 3 is 2.35 bits per heavy atom. The Hall–Kier alpha value is -3.51. The molecule has 4 saturated carbocycles. The van der Waals surface area contributed by atoms with Gasteiger partial charge in [0, 0.05) is 30.3 Å². The number of esters is 1. The molecule has 9 atom stereocenters. The summed E-state index contributed by atoms with van der Waals surface area (Å²) in [7, 11) is 0. The van der Waals surface area contributed by atoms with Crippen molar-refractivity contribution in [3.05, 3.63) is 41.1 Å². The molecule has 0 aromatic carbocycles. The summed E-state index contributed by atoms with van der Waals surface area (Å²) in [6.07, 6.45) is 6.84. The zero-order chi connectivity index (χ0) is 41.7. The van der Waals surface area contributed by atoms with Gasteiger partial charge in [-0.3, -0.25) is 14.4 Å². The van der Waals surface area contributed by atoms with Crippen LogP contribution in [-0.2, 0) is 25.7 Å². The van der Waals surface area contributed by atoms with Crippen LogP contribution in [0.4, 0.5) is 4.39 Å². The molecular formula is C45H64FN5O6. The SMILES string of the molecule is CC(C)C1=C2[C@H]3CC[C@@H]4[C@@]5(C)CC[C@H](OC(=O)CC(C)(C)C(=O)O)C(C)(C)[C@@H]5CC[C@@]4(C)[C@]3(C)CC[C@@]2([C@H](O)c2nnc(-c3ccc(F)cn3)n2CCN)CC1=O. The van der Waals surface area contributed by atoms with E-state index in [-0.39, 0.29) is 64.8 Å². The largest absolute Gasteiger partial charge is 0.481 e. The van der Waals surface area contributed by atoms with E-state index >= 15 is 0 Å². The van der Waals surface area contributed by atoms with Crippen LogP contribution >= 0.6 is 0 Å². The molecular weight excluding hydrogens is 726 g/mol. The van der Waals surface area contributed by atoms with Crippen LogP contribution in [0, 0.1) is 62.0 Å². The Morgan fingerprint density at radius 2 is 1.72 bits per heavy atom. The summed E-state index contributed by atoms with van der Waals surface area (Å²) >= 11 is 0. The highest BCUT2D eigenvalue weighted by Gasteiger charge is 2.71. The minimum absolute atomic E-state index is 0.00798. The highest BCUT2D eigenvalue weighted by atomic mass is 19.1. The number of fused-ring (bicyclic) bond motifs is 7. The van der Waals surface area contributed by atoms with Gasteiger partial charge in [-0.2, -0.15) is 0 Å². The zero-order valence-corrected chi connectivity index (χ0v) is 35.5. The summed E-state index contributed by atoms with van der Waals surface area (Å²) in [6, 6.07) is 2.87. The number of aliphatic carboxylic acids is 1. The Bertz CT molecular complexity index is 1970. The molecule has 0 bridgehead atoms. The molecule has 2 heterocycles. The number of aliphatic hydroxyl groups excluding tert-OH is 1. The van der Waals surface area contributed by atoms with E-state index in [1.54, 1.807) is 24.5 Å². The first-order chi connectivity index (χ1) is 26.6. The molecule has 4 N–H and O–H groups in total. The molecule has 0 aliphatic heterocycles. The minimum atomic E-state index is -1.19. The van der Waals surface area contributed by atoms with Crippen LogP contribution in [0.1, 0.15) is 138 Å². The van der Waals surface area contributed by atoms with Crippen molar-refractivity contribution < 1.29 is 33.7 Å². The van der Waals surface area contributed by atoms with Gasteiger partial charge in [0.1, 0.15) is 23.7 Å². The van der Waals surface area contributed by atoms with Gasteiger partial charge in [0.15, 0.2) is 17.4 Å². The number of carboxylic acids is 1. The van der Waals surface area contributed by atoms with Crippen LogP contribution in [0.15, 0.2) is 29.5 Å². The number of carboxylic acid groups (broad SMARTS) is 1. The Balaban J connectivity index is 1.22. The molecule has 0 amide bonds. The number of allylic oxidation sites excluding steroid dienone is 1. The van der Waals surface area contributed by atoms with E-state index in [1.165, 1.54) is 6.07 Å². The van der Waals surface area contributed by atoms with E-state index in [4.69, 9.17) is 10.5 Å². The monoisotopic (exact) mass is 789 g/mol. The normalized spacial score (nSPS) is 35.3. The fourth-order valence-electron chi connectivity index (χ4n) is 13.6. The summed E-state index contributed by atoms with van der Waals surface area (Å²) in [6.45, 7) is 19.8. The van der Waals surface area contributed by atoms with Crippen molar-refractivity contribution in [1.82, 2.24) is 19.7 Å². The van der Waals surface area contributed by atoms with Crippen LogP contribution in [-0.4, -0.2) is 60.3 Å². The molecule has 2 aromatic rings. The second kappa shape index (κ2) is 14.1. The van der Waals surface area contributed by atoms with E-state index in [0.717, 1.165) is 62.3 Å². The quantitative estimate of drug-likeness (QED) is 0.201. The predicted octanol–water partition coefficient (Wildman–Crippen LogP) is 7.86. The second-order valence-corrected chi connectivity index (χ2v) is 20.6. The molecule has 0 spiro atoms. The van der Waals surface area contributed by atoms with Crippen molar-refractivity contribution in [1.29, 1.82) is 0 Å². The first-order valence-electron chi connectivity index (χ1n) is 21.2. The van der Waals surface area contributed by atoms with Crippen LogP contribution in [0.25, 0.3) is 11.5 Å². The molecule has 57 heavy (non-hydrogen) atoms. The summed E-state index contributed by atoms with van der Waals surface area (Å²) in [4.78, 5) is 43.5. The number of ketones is 1. The van der Waals surface area contributed by atoms with Crippen LogP contribution < -0.4 is 5.73 Å². The van der Waals surface area contributed by atoms with E-state index in [2.05, 4.69) is 63.6 Å². The first-order valence-corrected chi connectivity index (χ1v) is 21.2. The smallest absolute Gasteiger partial charge is 0.309 e. The molecule has 5 aliphatic rings. The fourth-order valence-corrected chi connectivity index (χ4v) is 13.6. The van der Waals surface area contributed by atoms with Crippen molar-refractivity contribution in [2.75, 3.05) is 6.54 Å². The number of pyridine rings is 1. The molecule has 0 unspecified atom stereocenters. The number of ether oxygens (including phenoxy) is 1. The van der Waals surface area contributed by atoms with Crippen molar-refractivity contribution in [3.63, 3.8) is 0 Å². The third-order valence-electron chi connectivity index (χ3n) is 16.7. The highest BCUT2D eigenvalue weighted by Crippen LogP contribution is 2.77. The maximum atomic E-state index is 14.3. The number of nitrogens with zero attached hydrogens (tertiary/aromatic N) is 4. The second-order valence-electron chi connectivity index (χ2n) is 20.6. The van der Waals surface area contributed by atoms with Gasteiger partial charge in [0.05, 0.1) is 18.0 Å². The number of aromatic nitrogens is 4. The summed E-state index contributed by atoms with van der Waals surface area (Å²) < 4.78 is 21.8. The number of aliphatic hydroxyl groups is 1. The maximum absolute atomic E-state index is 14.3. The molecule has 5 aliphatic carbocycles. The lowest BCUT2D eigenvalue weighted by Gasteiger charge is -2.72. The van der Waals surface area contributed by atoms with Gasteiger partial charge >= 0.3 is 11.9 Å². The van der Waals surface area contributed by atoms with Crippen molar-refractivity contribution >= 4 is 17.7 Å². The standard InChI is InChI=1S/C45H64FN5O6/c1-25(2)34-29(52)22-45(36(54)38-50-49-37(51(38)21-20-47)28-12-10-26(46)24-48-28)19-18-43(8)27(35(34)45)11-13-31-42(7)16-15-32(57-33(53)23-40(3,4)39(55)56)41(5,6)30(42)14-17-44(31,43)9/h10,12,24-25,27,30-32,36,54H,11,13-23,47H2,1-9H3,(H,55,56)/t27-,30+,31-,32+,36-,42+,43-,44-,45-/m1/s1. The number of rotatable bonds is 10. The average Bonchev–Trinajstić information content (AvgIpc) is 3.68. The van der Waals surface area contributed by atoms with Gasteiger partial charge in [0.25, 0.3) is 0 Å². The van der Waals surface area contributed by atoms with E-state index in [9.17, 15) is 29.0 Å². The maximum Gasteiger partial charge on any atom is 0.309 e. The summed E-state index contributed by atoms with van der Waals surface area (Å²) in [5.74, 6) is -0.251. The predicted molar refractivity (Wildman–Crippen MR) is 213 cm³/mol. The Labute approximate surface area is 336 Å². The Morgan fingerprint density at radius 1 is 1.00 bits per heavy atom. The van der Waals surface area contributed by atoms with E-state index < -0.39 is 34.7 Å². The molecule has 12 heteroatoms. The Kier molecular flexibility index (Phi) is 10.3. The number of hydrogen-bond acceptors (Lipinski definition) is 9. The number of Topliss-reactive ketones (excluding diaryl/α,β-unsaturated/α-hetero) is 1. The van der Waals surface area contributed by atoms with Gasteiger partial charge < -0.3 is 25.3 Å². The van der Waals surface area contributed by atoms with E-state index in [0.29, 0.717) is 42.1 Å². The molecule has 2 aromatic heterocycles. The fraction of sp³-hybridized carbons (Fsp3) is 0.733. The average molecular weight is 790 g/mol. The topological polar surface area (TPSA) is 171 Å². The third kappa shape index (κ3) is 6.15. The lowest BCUT2D eigenvalue weighted by molar-refractivity contribution is -0.235. The number of hydrogen-bond donors (Lipinski definition) is 3. The molecule has 0 saturated heterocycles. The zero-order valence-electron chi connectivity index (χ0n) is 35.5. The van der Waals surface area contributed by atoms with E-state index in [1.807, 2.05) is 0 Å². The summed E-state index contributed by atoms with van der Waals surface area (Å²) in [5.41, 5.74) is 5.99. The molecule has 11 nitrogen and oxygen atoms in total. The number of carbonyl (C=O) groups is 3. The molecule has 7 rings (SSSR count). The minimum Gasteiger partial charge on any atom is -0.481 e. The van der Waals surface area contributed by atoms with Gasteiger partial charge in [-0.1, -0.05) is 48.5 Å². The number of halogens is 1. The van der Waals surface area contributed by atoms with Crippen molar-refractivity contribution in [2.45, 2.75) is 145 Å². The number of carbonyl (C=O) groups excluding carboxylic acids is 2. The van der Waals surface area contributed by atoms with Crippen LogP contribution in [0.5, 0.6) is 0 Å². The lowest BCUT2D eigenvalue weighted by Crippen LogP contribution is -2.66. The van der Waals surface area contributed by atoms with Gasteiger partial charge in [0.2, 0.25) is 0 Å². The van der Waals surface area contributed by atoms with Gasteiger partial charge in [-0.15, -0.1) is 10.2 Å². The van der Waals surface area contributed by atoms with Crippen molar-refractivity contribution in [2.24, 2.45) is 61.9 Å². The summed E-state index contributed by atoms with van der Waals surface area (Å²) in [5, 5.41) is 31.4. The van der Waals surface area contributed by atoms with Crippen molar-refractivity contribution in [3.8, 4) is 11.5 Å². The third-order valence-corrected chi connectivity index (χ3v) is 16.7. The number of nitrogens with two attached hydrogens (primary N) is 1. The molecule has 4 fully saturated rings. The highest BCUT2D eigenvalue weighted by molar-refractivity contribution is 6.00. The van der Waals surface area contributed by atoms with Crippen LogP contribution in [0.3, 0.4) is 0 Å². The lowest BCUT2D eigenvalue weighted by atomic mass is 9.33. The molecule has 312 valence electrons. The van der Waals surface area contributed by atoms with Gasteiger partial charge in [-0.05, 0) is 128 Å². The molecule has 0 radical (unpaired) electrons. The van der Waals surface area contributed by atoms with Crippen LogP contribution in [0.2, 0.25) is 0 Å².